The Hall–Kier alpha value is -3.25. The highest BCUT2D eigenvalue weighted by atomic mass is 16.7. The second kappa shape index (κ2) is 6.73. The van der Waals surface area contributed by atoms with E-state index in [0.717, 1.165) is 35.7 Å². The summed E-state index contributed by atoms with van der Waals surface area (Å²) in [6.45, 7) is 1.49. The van der Waals surface area contributed by atoms with Crippen LogP contribution in [0, 0.1) is 0 Å². The number of aliphatic hydroxyl groups is 1. The molecule has 1 aromatic heterocycles. The summed E-state index contributed by atoms with van der Waals surface area (Å²) in [7, 11) is 0. The molecule has 0 bridgehead atoms. The van der Waals surface area contributed by atoms with E-state index in [-0.39, 0.29) is 18.6 Å². The van der Waals surface area contributed by atoms with Crippen LogP contribution in [0.4, 0.5) is 5.82 Å². The minimum atomic E-state index is -0.350. The third kappa shape index (κ3) is 2.92. The summed E-state index contributed by atoms with van der Waals surface area (Å²) in [5.41, 5.74) is 3.17. The van der Waals surface area contributed by atoms with Gasteiger partial charge in [-0.05, 0) is 42.3 Å². The maximum absolute atomic E-state index is 10.3. The van der Waals surface area contributed by atoms with Crippen LogP contribution in [0.15, 0.2) is 54.6 Å². The first kappa shape index (κ1) is 16.9. The minimum Gasteiger partial charge on any atom is -0.507 e. The van der Waals surface area contributed by atoms with Gasteiger partial charge in [0.15, 0.2) is 11.5 Å². The van der Waals surface area contributed by atoms with Crippen LogP contribution in [0.2, 0.25) is 0 Å². The highest BCUT2D eigenvalue weighted by Gasteiger charge is 2.24. The quantitative estimate of drug-likeness (QED) is 0.730. The van der Waals surface area contributed by atoms with Gasteiger partial charge in [-0.3, -0.25) is 0 Å². The maximum Gasteiger partial charge on any atom is 0.231 e. The molecular formula is C22H20N2O4. The molecule has 0 amide bonds. The van der Waals surface area contributed by atoms with E-state index in [9.17, 15) is 10.2 Å². The second-order valence-corrected chi connectivity index (χ2v) is 7.04. The molecule has 2 aliphatic rings. The summed E-state index contributed by atoms with van der Waals surface area (Å²) in [6.07, 6.45) is 0.368. The summed E-state index contributed by atoms with van der Waals surface area (Å²) in [5, 5.41) is 20.3. The van der Waals surface area contributed by atoms with Crippen LogP contribution in [-0.4, -0.2) is 41.2 Å². The number of benzene rings is 2. The van der Waals surface area contributed by atoms with Crippen molar-refractivity contribution in [3.8, 4) is 39.6 Å². The molecule has 1 atom stereocenters. The van der Waals surface area contributed by atoms with Crippen LogP contribution < -0.4 is 14.4 Å². The molecule has 2 aliphatic heterocycles. The van der Waals surface area contributed by atoms with Gasteiger partial charge >= 0.3 is 0 Å². The molecule has 2 aromatic carbocycles. The predicted molar refractivity (Wildman–Crippen MR) is 106 cm³/mol. The molecule has 142 valence electrons. The van der Waals surface area contributed by atoms with Gasteiger partial charge in [0.2, 0.25) is 6.79 Å². The standard InChI is InChI=1S/C22H20N2O4/c25-15-8-9-24(12-15)21-11-14(16-5-3-7-20-22(16)28-13-27-20)10-18(23-21)17-4-1-2-6-19(17)26/h1-7,10-11,15,25-26H,8-9,12-13H2. The van der Waals surface area contributed by atoms with Gasteiger partial charge in [-0.25, -0.2) is 4.98 Å². The molecule has 2 N–H and O–H groups in total. The summed E-state index contributed by atoms with van der Waals surface area (Å²) < 4.78 is 11.2. The van der Waals surface area contributed by atoms with Crippen LogP contribution in [-0.2, 0) is 0 Å². The van der Waals surface area contributed by atoms with Crippen molar-refractivity contribution in [2.75, 3.05) is 24.8 Å². The fourth-order valence-corrected chi connectivity index (χ4v) is 3.77. The lowest BCUT2D eigenvalue weighted by molar-refractivity contribution is 0.174. The van der Waals surface area contributed by atoms with Gasteiger partial charge in [0, 0.05) is 24.2 Å². The summed E-state index contributed by atoms with van der Waals surface area (Å²) in [6, 6.07) is 16.9. The van der Waals surface area contributed by atoms with E-state index < -0.39 is 0 Å². The van der Waals surface area contributed by atoms with Crippen LogP contribution in [0.5, 0.6) is 17.2 Å². The van der Waals surface area contributed by atoms with E-state index in [2.05, 4.69) is 4.90 Å². The molecule has 1 fully saturated rings. The number of aliphatic hydroxyl groups excluding tert-OH is 1. The van der Waals surface area contributed by atoms with Crippen molar-refractivity contribution in [1.29, 1.82) is 0 Å². The Morgan fingerprint density at radius 3 is 2.68 bits per heavy atom. The molecule has 0 radical (unpaired) electrons. The number of aromatic hydroxyl groups is 1. The van der Waals surface area contributed by atoms with E-state index in [4.69, 9.17) is 14.5 Å². The number of phenolic OH excluding ortho intramolecular Hbond substituents is 1. The number of aromatic nitrogens is 1. The van der Waals surface area contributed by atoms with Crippen LogP contribution in [0.1, 0.15) is 6.42 Å². The van der Waals surface area contributed by atoms with Crippen molar-refractivity contribution < 1.29 is 19.7 Å². The number of pyridine rings is 1. The number of nitrogens with zero attached hydrogens (tertiary/aromatic N) is 2. The number of rotatable bonds is 3. The smallest absolute Gasteiger partial charge is 0.231 e. The van der Waals surface area contributed by atoms with Crippen molar-refractivity contribution in [2.24, 2.45) is 0 Å². The molecule has 1 unspecified atom stereocenters. The Kier molecular flexibility index (Phi) is 4.06. The highest BCUT2D eigenvalue weighted by Crippen LogP contribution is 2.43. The van der Waals surface area contributed by atoms with Gasteiger partial charge < -0.3 is 24.6 Å². The third-order valence-electron chi connectivity index (χ3n) is 5.19. The number of ether oxygens (including phenoxy) is 2. The molecule has 28 heavy (non-hydrogen) atoms. The van der Waals surface area contributed by atoms with E-state index in [1.165, 1.54) is 0 Å². The highest BCUT2D eigenvalue weighted by molar-refractivity contribution is 5.81. The molecule has 6 nitrogen and oxygen atoms in total. The number of β-amino-alcohol motifs (C(OH)–C–C–N with tert-alkyl or cyclic N) is 1. The Bertz CT molecular complexity index is 1040. The minimum absolute atomic E-state index is 0.178. The first-order chi connectivity index (χ1) is 13.7. The predicted octanol–water partition coefficient (Wildman–Crippen LogP) is 3.42. The molecule has 0 saturated carbocycles. The van der Waals surface area contributed by atoms with Crippen LogP contribution in [0.3, 0.4) is 0 Å². The van der Waals surface area contributed by atoms with E-state index in [0.29, 0.717) is 23.6 Å². The average molecular weight is 376 g/mol. The van der Waals surface area contributed by atoms with Gasteiger partial charge in [-0.2, -0.15) is 0 Å². The number of fused-ring (bicyclic) bond motifs is 1. The molecule has 0 aliphatic carbocycles. The Morgan fingerprint density at radius 2 is 1.86 bits per heavy atom. The summed E-state index contributed by atoms with van der Waals surface area (Å²) in [5.74, 6) is 2.38. The normalized spacial score (nSPS) is 17.9. The van der Waals surface area contributed by atoms with Gasteiger partial charge in [0.05, 0.1) is 11.8 Å². The number of anilines is 1. The fraction of sp³-hybridized carbons (Fsp3) is 0.227. The largest absolute Gasteiger partial charge is 0.507 e. The molecule has 3 aromatic rings. The molecular weight excluding hydrogens is 356 g/mol. The van der Waals surface area contributed by atoms with Crippen molar-refractivity contribution in [1.82, 2.24) is 4.98 Å². The third-order valence-corrected chi connectivity index (χ3v) is 5.19. The van der Waals surface area contributed by atoms with E-state index in [1.54, 1.807) is 12.1 Å². The zero-order chi connectivity index (χ0) is 19.1. The first-order valence-corrected chi connectivity index (χ1v) is 9.31. The maximum atomic E-state index is 10.3. The second-order valence-electron chi connectivity index (χ2n) is 7.04. The lowest BCUT2D eigenvalue weighted by Crippen LogP contribution is -2.22. The van der Waals surface area contributed by atoms with E-state index in [1.807, 2.05) is 42.5 Å². The van der Waals surface area contributed by atoms with E-state index >= 15 is 0 Å². The topological polar surface area (TPSA) is 75.0 Å². The molecule has 0 spiro atoms. The van der Waals surface area contributed by atoms with Crippen molar-refractivity contribution in [3.05, 3.63) is 54.6 Å². The summed E-state index contributed by atoms with van der Waals surface area (Å²) in [4.78, 5) is 6.85. The zero-order valence-electron chi connectivity index (χ0n) is 15.2. The number of para-hydroxylation sites is 2. The summed E-state index contributed by atoms with van der Waals surface area (Å²) >= 11 is 0. The number of hydrogen-bond donors (Lipinski definition) is 2. The van der Waals surface area contributed by atoms with Crippen molar-refractivity contribution in [3.63, 3.8) is 0 Å². The van der Waals surface area contributed by atoms with Crippen LogP contribution >= 0.6 is 0 Å². The van der Waals surface area contributed by atoms with Crippen LogP contribution in [0.25, 0.3) is 22.4 Å². The van der Waals surface area contributed by atoms with Gasteiger partial charge in [-0.1, -0.05) is 24.3 Å². The number of hydrogen-bond acceptors (Lipinski definition) is 6. The fourth-order valence-electron chi connectivity index (χ4n) is 3.77. The van der Waals surface area contributed by atoms with Gasteiger partial charge in [0.1, 0.15) is 11.6 Å². The first-order valence-electron chi connectivity index (χ1n) is 9.31. The van der Waals surface area contributed by atoms with Gasteiger partial charge in [-0.15, -0.1) is 0 Å². The molecule has 1 saturated heterocycles. The van der Waals surface area contributed by atoms with Crippen molar-refractivity contribution >= 4 is 5.82 Å². The lowest BCUT2D eigenvalue weighted by Gasteiger charge is -2.19. The number of phenols is 1. The average Bonchev–Trinajstić information content (AvgIpc) is 3.36. The lowest BCUT2D eigenvalue weighted by atomic mass is 10.0. The Morgan fingerprint density at radius 1 is 1.00 bits per heavy atom. The molecule has 3 heterocycles. The molecule has 6 heteroatoms. The zero-order valence-corrected chi connectivity index (χ0v) is 15.2. The van der Waals surface area contributed by atoms with Crippen molar-refractivity contribution in [2.45, 2.75) is 12.5 Å². The van der Waals surface area contributed by atoms with Gasteiger partial charge in [0.25, 0.3) is 0 Å². The Labute approximate surface area is 162 Å². The Balaban J connectivity index is 1.68. The monoisotopic (exact) mass is 376 g/mol. The SMILES string of the molecule is Oc1ccccc1-c1cc(-c2cccc3c2OCO3)cc(N2CCC(O)C2)n1. The molecule has 5 rings (SSSR count).